The summed E-state index contributed by atoms with van der Waals surface area (Å²) in [5, 5.41) is 20.0. The molecular formula is C13H21N3O8S2. The lowest BCUT2D eigenvalue weighted by atomic mass is 10.1. The molecule has 0 aliphatic rings. The van der Waals surface area contributed by atoms with Crippen LogP contribution in [0, 0.1) is 5.92 Å². The van der Waals surface area contributed by atoms with Crippen molar-refractivity contribution in [3.8, 4) is 0 Å². The molecule has 0 radical (unpaired) electrons. The molecule has 2 atom stereocenters. The molecule has 0 aromatic rings. The second-order valence-corrected chi connectivity index (χ2v) is 7.57. The molecule has 148 valence electrons. The average Bonchev–Trinajstić information content (AvgIpc) is 2.53. The molecule has 13 heteroatoms. The van der Waals surface area contributed by atoms with Crippen LogP contribution in [0.4, 0.5) is 4.79 Å². The van der Waals surface area contributed by atoms with Gasteiger partial charge in [0.25, 0.3) is 0 Å². The summed E-state index contributed by atoms with van der Waals surface area (Å²) in [6, 6.07) is -1.17. The molecule has 5 N–H and O–H groups in total. The van der Waals surface area contributed by atoms with Gasteiger partial charge in [-0.1, -0.05) is 28.5 Å². The summed E-state index contributed by atoms with van der Waals surface area (Å²) in [5.74, 6) is -3.93. The molecule has 0 saturated carbocycles. The summed E-state index contributed by atoms with van der Waals surface area (Å²) in [7, 11) is 2.38. The third-order valence-corrected chi connectivity index (χ3v) is 4.98. The Morgan fingerprint density at radius 1 is 1.08 bits per heavy atom. The van der Waals surface area contributed by atoms with Gasteiger partial charge >= 0.3 is 18.0 Å². The Hall–Kier alpha value is -2.15. The summed E-state index contributed by atoms with van der Waals surface area (Å²) >= 11 is 0. The highest BCUT2D eigenvalue weighted by Crippen LogP contribution is 2.22. The largest absolute Gasteiger partial charge is 0.481 e. The monoisotopic (exact) mass is 411 g/mol. The van der Waals surface area contributed by atoms with E-state index in [1.54, 1.807) is 0 Å². The number of nitrogens with one attached hydrogen (secondary N) is 3. The lowest BCUT2D eigenvalue weighted by Gasteiger charge is -2.16. The van der Waals surface area contributed by atoms with Crippen LogP contribution < -0.4 is 16.2 Å². The van der Waals surface area contributed by atoms with Crippen molar-refractivity contribution in [1.82, 2.24) is 16.2 Å². The summed E-state index contributed by atoms with van der Waals surface area (Å²) in [4.78, 5) is 55.1. The Bertz CT molecular complexity index is 532. The van der Waals surface area contributed by atoms with Gasteiger partial charge in [0.15, 0.2) is 0 Å². The second kappa shape index (κ2) is 13.1. The van der Waals surface area contributed by atoms with Crippen molar-refractivity contribution < 1.29 is 38.9 Å². The van der Waals surface area contributed by atoms with Crippen molar-refractivity contribution >= 4 is 51.4 Å². The number of aliphatic carboxylic acids is 2. The molecular weight excluding hydrogens is 390 g/mol. The van der Waals surface area contributed by atoms with Crippen molar-refractivity contribution in [2.24, 2.45) is 5.92 Å². The van der Waals surface area contributed by atoms with Crippen LogP contribution in [-0.2, 0) is 23.9 Å². The van der Waals surface area contributed by atoms with Crippen LogP contribution in [-0.4, -0.2) is 64.2 Å². The van der Waals surface area contributed by atoms with Crippen LogP contribution >= 0.6 is 21.6 Å². The van der Waals surface area contributed by atoms with E-state index < -0.39 is 48.2 Å². The number of hydrogen-bond acceptors (Lipinski definition) is 8. The van der Waals surface area contributed by atoms with Gasteiger partial charge in [0.1, 0.15) is 12.6 Å². The summed E-state index contributed by atoms with van der Waals surface area (Å²) in [6.45, 7) is 2.64. The zero-order chi connectivity index (χ0) is 20.1. The molecule has 0 aromatic heterocycles. The van der Waals surface area contributed by atoms with Crippen LogP contribution in [0.3, 0.4) is 0 Å². The molecule has 11 nitrogen and oxygen atoms in total. The Kier molecular flexibility index (Phi) is 12.0. The topological polar surface area (TPSA) is 171 Å². The van der Waals surface area contributed by atoms with Gasteiger partial charge in [-0.15, -0.1) is 0 Å². The first-order valence-electron chi connectivity index (χ1n) is 7.32. The van der Waals surface area contributed by atoms with E-state index in [-0.39, 0.29) is 12.4 Å². The summed E-state index contributed by atoms with van der Waals surface area (Å²) in [5.41, 5.74) is 4.05. The quantitative estimate of drug-likeness (QED) is 0.174. The minimum Gasteiger partial charge on any atom is -0.481 e. The highest BCUT2D eigenvalue weighted by molar-refractivity contribution is 8.76. The van der Waals surface area contributed by atoms with Crippen molar-refractivity contribution in [3.05, 3.63) is 0 Å². The maximum atomic E-state index is 11.8. The van der Waals surface area contributed by atoms with Gasteiger partial charge in [-0.2, -0.15) is 0 Å². The van der Waals surface area contributed by atoms with Gasteiger partial charge in [-0.3, -0.25) is 19.8 Å². The second-order valence-electron chi connectivity index (χ2n) is 4.95. The summed E-state index contributed by atoms with van der Waals surface area (Å²) < 4.78 is 4.74. The van der Waals surface area contributed by atoms with Crippen molar-refractivity contribution in [2.45, 2.75) is 26.3 Å². The van der Waals surface area contributed by atoms with Gasteiger partial charge in [0.05, 0.1) is 6.42 Å². The van der Waals surface area contributed by atoms with Crippen LogP contribution in [0.5, 0.6) is 0 Å². The lowest BCUT2D eigenvalue weighted by Crippen LogP contribution is -2.45. The SMILES string of the molecule is CC(=O)NNC(=O)OCCSSC[C@H](NC(=O)[C@@H](C)CC(=O)O)C(=O)O. The van der Waals surface area contributed by atoms with Crippen molar-refractivity contribution in [1.29, 1.82) is 0 Å². The fourth-order valence-electron chi connectivity index (χ4n) is 1.36. The van der Waals surface area contributed by atoms with Gasteiger partial charge in [-0.05, 0) is 0 Å². The minimum absolute atomic E-state index is 0.0306. The van der Waals surface area contributed by atoms with Gasteiger partial charge < -0.3 is 20.3 Å². The van der Waals surface area contributed by atoms with Crippen LogP contribution in [0.2, 0.25) is 0 Å². The number of amides is 3. The first kappa shape index (κ1) is 23.9. The van der Waals surface area contributed by atoms with E-state index in [4.69, 9.17) is 14.9 Å². The number of carboxylic acid groups (broad SMARTS) is 2. The molecule has 0 rings (SSSR count). The lowest BCUT2D eigenvalue weighted by molar-refractivity contribution is -0.143. The molecule has 0 aromatic carbocycles. The van der Waals surface area contributed by atoms with E-state index in [2.05, 4.69) is 5.32 Å². The Morgan fingerprint density at radius 2 is 1.73 bits per heavy atom. The van der Waals surface area contributed by atoms with E-state index in [0.717, 1.165) is 10.8 Å². The maximum Gasteiger partial charge on any atom is 0.426 e. The standard InChI is InChI=1S/C13H21N3O8S2/c1-7(5-10(18)19)11(20)14-9(12(21)22)6-26-25-4-3-24-13(23)16-15-8(2)17/h7,9H,3-6H2,1-2H3,(H,14,20)(H,15,17)(H,16,23)(H,18,19)(H,21,22)/t7-,9-/m0/s1. The smallest absolute Gasteiger partial charge is 0.426 e. The predicted octanol–water partition coefficient (Wildman–Crippen LogP) is -0.175. The number of carbonyl (C=O) groups is 5. The molecule has 0 aliphatic heterocycles. The van der Waals surface area contributed by atoms with Crippen molar-refractivity contribution in [3.63, 3.8) is 0 Å². The Labute approximate surface area is 157 Å². The predicted molar refractivity (Wildman–Crippen MR) is 94.2 cm³/mol. The first-order valence-corrected chi connectivity index (χ1v) is 9.81. The van der Waals surface area contributed by atoms with Crippen molar-refractivity contribution in [2.75, 3.05) is 18.1 Å². The van der Waals surface area contributed by atoms with Crippen LogP contribution in [0.15, 0.2) is 0 Å². The average molecular weight is 411 g/mol. The van der Waals surface area contributed by atoms with Gasteiger partial charge in [0, 0.05) is 24.3 Å². The molecule has 26 heavy (non-hydrogen) atoms. The first-order chi connectivity index (χ1) is 12.1. The van der Waals surface area contributed by atoms with Gasteiger partial charge in [-0.25, -0.2) is 15.0 Å². The zero-order valence-electron chi connectivity index (χ0n) is 14.1. The fourth-order valence-corrected chi connectivity index (χ4v) is 3.34. The number of hydrazine groups is 1. The third-order valence-electron chi connectivity index (χ3n) is 2.60. The van der Waals surface area contributed by atoms with Gasteiger partial charge in [0.2, 0.25) is 11.8 Å². The van der Waals surface area contributed by atoms with E-state index in [1.165, 1.54) is 24.6 Å². The van der Waals surface area contributed by atoms with E-state index in [1.807, 2.05) is 10.9 Å². The Morgan fingerprint density at radius 3 is 2.27 bits per heavy atom. The number of ether oxygens (including phenoxy) is 1. The number of carbonyl (C=O) groups excluding carboxylic acids is 3. The summed E-state index contributed by atoms with van der Waals surface area (Å²) in [6.07, 6.45) is -1.22. The molecule has 3 amide bonds. The molecule has 0 unspecified atom stereocenters. The third kappa shape index (κ3) is 12.2. The normalized spacial score (nSPS) is 12.4. The highest BCUT2D eigenvalue weighted by Gasteiger charge is 2.24. The molecule has 0 saturated heterocycles. The van der Waals surface area contributed by atoms with E-state index in [9.17, 15) is 24.0 Å². The molecule has 0 bridgehead atoms. The maximum absolute atomic E-state index is 11.8. The molecule has 0 spiro atoms. The van der Waals surface area contributed by atoms with Crippen LogP contribution in [0.25, 0.3) is 0 Å². The fraction of sp³-hybridized carbons (Fsp3) is 0.615. The highest BCUT2D eigenvalue weighted by atomic mass is 33.1. The van der Waals surface area contributed by atoms with E-state index in [0.29, 0.717) is 5.75 Å². The number of carboxylic acids is 2. The zero-order valence-corrected chi connectivity index (χ0v) is 15.8. The van der Waals surface area contributed by atoms with Crippen LogP contribution in [0.1, 0.15) is 20.3 Å². The molecule has 0 heterocycles. The molecule has 0 fully saturated rings. The Balaban J connectivity index is 4.03. The molecule has 0 aliphatic carbocycles. The number of rotatable bonds is 11. The number of hydrogen-bond donors (Lipinski definition) is 5. The van der Waals surface area contributed by atoms with E-state index >= 15 is 0 Å². The minimum atomic E-state index is -1.24.